The van der Waals surface area contributed by atoms with Crippen molar-refractivity contribution in [2.45, 2.75) is 25.4 Å². The highest BCUT2D eigenvalue weighted by Gasteiger charge is 2.26. The zero-order valence-electron chi connectivity index (χ0n) is 11.9. The van der Waals surface area contributed by atoms with Gasteiger partial charge < -0.3 is 19.7 Å². The highest BCUT2D eigenvalue weighted by Crippen LogP contribution is 2.36. The lowest BCUT2D eigenvalue weighted by Gasteiger charge is -2.18. The van der Waals surface area contributed by atoms with Crippen LogP contribution >= 0.6 is 11.6 Å². The lowest BCUT2D eigenvalue weighted by atomic mass is 10.1. The maximum Gasteiger partial charge on any atom is 0.143 e. The standard InChI is InChI=1S/C14H21ClN2O2/c1-9-5-10(8-17(9)2)16-12-7-13(18-3)11(15)6-14(12)19-4/h6-7,9-10,16H,5,8H2,1-4H3. The molecule has 0 bridgehead atoms. The van der Waals surface area contributed by atoms with Crippen molar-refractivity contribution in [3.8, 4) is 11.5 Å². The number of rotatable bonds is 4. The van der Waals surface area contributed by atoms with Crippen LogP contribution in [0.3, 0.4) is 0 Å². The summed E-state index contributed by atoms with van der Waals surface area (Å²) < 4.78 is 10.6. The van der Waals surface area contributed by atoms with Gasteiger partial charge in [0.15, 0.2) is 0 Å². The van der Waals surface area contributed by atoms with Crippen molar-refractivity contribution in [3.05, 3.63) is 17.2 Å². The van der Waals surface area contributed by atoms with Crippen molar-refractivity contribution < 1.29 is 9.47 Å². The molecule has 4 nitrogen and oxygen atoms in total. The third kappa shape index (κ3) is 3.07. The molecule has 1 aromatic carbocycles. The molecule has 0 aliphatic carbocycles. The number of nitrogens with zero attached hydrogens (tertiary/aromatic N) is 1. The van der Waals surface area contributed by atoms with E-state index >= 15 is 0 Å². The lowest BCUT2D eigenvalue weighted by Crippen LogP contribution is -2.25. The average Bonchev–Trinajstić information content (AvgIpc) is 2.70. The Balaban J connectivity index is 2.19. The molecule has 106 valence electrons. The third-order valence-corrected chi connectivity index (χ3v) is 4.02. The summed E-state index contributed by atoms with van der Waals surface area (Å²) in [7, 11) is 5.40. The molecule has 1 saturated heterocycles. The van der Waals surface area contributed by atoms with Gasteiger partial charge in [-0.05, 0) is 20.4 Å². The van der Waals surface area contributed by atoms with Gasteiger partial charge in [0.1, 0.15) is 11.5 Å². The summed E-state index contributed by atoms with van der Waals surface area (Å²) in [5, 5.41) is 4.08. The highest BCUT2D eigenvalue weighted by molar-refractivity contribution is 6.32. The Morgan fingerprint density at radius 2 is 1.95 bits per heavy atom. The number of nitrogens with one attached hydrogen (secondary N) is 1. The van der Waals surface area contributed by atoms with Gasteiger partial charge in [0.05, 0.1) is 24.9 Å². The Labute approximate surface area is 119 Å². The fourth-order valence-corrected chi connectivity index (χ4v) is 2.72. The summed E-state index contributed by atoms with van der Waals surface area (Å²) in [5.74, 6) is 1.40. The number of hydrogen-bond donors (Lipinski definition) is 1. The first-order chi connectivity index (χ1) is 9.05. The molecule has 0 radical (unpaired) electrons. The Morgan fingerprint density at radius 3 is 2.47 bits per heavy atom. The van der Waals surface area contributed by atoms with Crippen LogP contribution in [0, 0.1) is 0 Å². The highest BCUT2D eigenvalue weighted by atomic mass is 35.5. The smallest absolute Gasteiger partial charge is 0.143 e. The Morgan fingerprint density at radius 1 is 1.26 bits per heavy atom. The van der Waals surface area contributed by atoms with E-state index < -0.39 is 0 Å². The van der Waals surface area contributed by atoms with Gasteiger partial charge in [0.2, 0.25) is 0 Å². The van der Waals surface area contributed by atoms with Crippen LogP contribution in [-0.2, 0) is 0 Å². The summed E-state index contributed by atoms with van der Waals surface area (Å²) in [6.07, 6.45) is 1.12. The van der Waals surface area contributed by atoms with E-state index in [1.807, 2.05) is 6.07 Å². The van der Waals surface area contributed by atoms with Crippen LogP contribution in [-0.4, -0.2) is 44.8 Å². The van der Waals surface area contributed by atoms with Gasteiger partial charge in [-0.1, -0.05) is 11.6 Å². The minimum absolute atomic E-state index is 0.416. The Hall–Kier alpha value is -1.13. The van der Waals surface area contributed by atoms with Gasteiger partial charge in [-0.3, -0.25) is 0 Å². The number of benzene rings is 1. The molecule has 1 aliphatic rings. The van der Waals surface area contributed by atoms with E-state index in [2.05, 4.69) is 24.2 Å². The molecule has 1 aliphatic heterocycles. The van der Waals surface area contributed by atoms with Gasteiger partial charge in [-0.2, -0.15) is 0 Å². The molecule has 2 unspecified atom stereocenters. The number of likely N-dealkylation sites (N-methyl/N-ethyl adjacent to an activating group) is 1. The molecule has 0 saturated carbocycles. The molecule has 0 aromatic heterocycles. The molecule has 1 heterocycles. The first-order valence-corrected chi connectivity index (χ1v) is 6.81. The molecule has 2 atom stereocenters. The Bertz CT molecular complexity index is 443. The molecule has 2 rings (SSSR count). The zero-order valence-corrected chi connectivity index (χ0v) is 12.6. The van der Waals surface area contributed by atoms with Gasteiger partial charge >= 0.3 is 0 Å². The predicted molar refractivity (Wildman–Crippen MR) is 78.7 cm³/mol. The second kappa shape index (κ2) is 5.88. The van der Waals surface area contributed by atoms with E-state index in [0.29, 0.717) is 22.9 Å². The number of methoxy groups -OCH3 is 2. The van der Waals surface area contributed by atoms with E-state index in [0.717, 1.165) is 24.4 Å². The van der Waals surface area contributed by atoms with Crippen molar-refractivity contribution in [1.29, 1.82) is 0 Å². The monoisotopic (exact) mass is 284 g/mol. The van der Waals surface area contributed by atoms with E-state index in [1.165, 1.54) is 0 Å². The summed E-state index contributed by atoms with van der Waals surface area (Å²) >= 11 is 6.10. The van der Waals surface area contributed by atoms with Crippen LogP contribution in [0.5, 0.6) is 11.5 Å². The minimum Gasteiger partial charge on any atom is -0.495 e. The summed E-state index contributed by atoms with van der Waals surface area (Å²) in [4.78, 5) is 2.34. The van der Waals surface area contributed by atoms with Crippen LogP contribution in [0.25, 0.3) is 0 Å². The molecular formula is C14H21ClN2O2. The SMILES string of the molecule is COc1cc(NC2CC(C)N(C)C2)c(OC)cc1Cl. The number of ether oxygens (including phenoxy) is 2. The summed E-state index contributed by atoms with van der Waals surface area (Å²) in [6, 6.07) is 4.69. The van der Waals surface area contributed by atoms with E-state index in [1.54, 1.807) is 20.3 Å². The fraction of sp³-hybridized carbons (Fsp3) is 0.571. The van der Waals surface area contributed by atoms with Crippen molar-refractivity contribution in [3.63, 3.8) is 0 Å². The quantitative estimate of drug-likeness (QED) is 0.922. The van der Waals surface area contributed by atoms with E-state index in [-0.39, 0.29) is 0 Å². The first-order valence-electron chi connectivity index (χ1n) is 6.43. The van der Waals surface area contributed by atoms with Crippen molar-refractivity contribution in [2.75, 3.05) is 33.1 Å². The molecule has 1 aromatic rings. The van der Waals surface area contributed by atoms with Crippen molar-refractivity contribution in [1.82, 2.24) is 4.90 Å². The summed E-state index contributed by atoms with van der Waals surface area (Å²) in [5.41, 5.74) is 0.927. The maximum absolute atomic E-state index is 6.10. The number of hydrogen-bond acceptors (Lipinski definition) is 4. The van der Waals surface area contributed by atoms with Crippen molar-refractivity contribution in [2.24, 2.45) is 0 Å². The number of halogens is 1. The van der Waals surface area contributed by atoms with Crippen LogP contribution in [0.2, 0.25) is 5.02 Å². The lowest BCUT2D eigenvalue weighted by molar-refractivity contribution is 0.330. The molecule has 19 heavy (non-hydrogen) atoms. The molecule has 1 N–H and O–H groups in total. The average molecular weight is 285 g/mol. The molecular weight excluding hydrogens is 264 g/mol. The predicted octanol–water partition coefficient (Wildman–Crippen LogP) is 2.86. The second-order valence-corrected chi connectivity index (χ2v) is 5.46. The molecule has 1 fully saturated rings. The molecule has 5 heteroatoms. The van der Waals surface area contributed by atoms with E-state index in [9.17, 15) is 0 Å². The van der Waals surface area contributed by atoms with E-state index in [4.69, 9.17) is 21.1 Å². The van der Waals surface area contributed by atoms with Crippen molar-refractivity contribution >= 4 is 17.3 Å². The van der Waals surface area contributed by atoms with Gasteiger partial charge in [0, 0.05) is 30.8 Å². The Kier molecular flexibility index (Phi) is 4.42. The third-order valence-electron chi connectivity index (χ3n) is 3.72. The molecule has 0 spiro atoms. The zero-order chi connectivity index (χ0) is 14.0. The van der Waals surface area contributed by atoms with Gasteiger partial charge in [-0.15, -0.1) is 0 Å². The molecule has 0 amide bonds. The number of likely N-dealkylation sites (tertiary alicyclic amines) is 1. The first kappa shape index (κ1) is 14.3. The van der Waals surface area contributed by atoms with Gasteiger partial charge in [-0.25, -0.2) is 0 Å². The maximum atomic E-state index is 6.10. The topological polar surface area (TPSA) is 33.7 Å². The van der Waals surface area contributed by atoms with Crippen LogP contribution < -0.4 is 14.8 Å². The van der Waals surface area contributed by atoms with Crippen LogP contribution in [0.4, 0.5) is 5.69 Å². The van der Waals surface area contributed by atoms with Gasteiger partial charge in [0.25, 0.3) is 0 Å². The fourth-order valence-electron chi connectivity index (χ4n) is 2.49. The second-order valence-electron chi connectivity index (χ2n) is 5.05. The largest absolute Gasteiger partial charge is 0.495 e. The van der Waals surface area contributed by atoms with Crippen LogP contribution in [0.15, 0.2) is 12.1 Å². The number of anilines is 1. The van der Waals surface area contributed by atoms with Crippen LogP contribution in [0.1, 0.15) is 13.3 Å². The summed E-state index contributed by atoms with van der Waals surface area (Å²) in [6.45, 7) is 3.26. The minimum atomic E-state index is 0.416. The normalized spacial score (nSPS) is 23.4.